The number of aromatic nitrogens is 2. The van der Waals surface area contributed by atoms with Crippen LogP contribution in [0.1, 0.15) is 39.1 Å². The monoisotopic (exact) mass is 419 g/mol. The number of carbonyl (C=O) groups excluding carboxylic acids is 2. The Morgan fingerprint density at radius 3 is 2.80 bits per heavy atom. The summed E-state index contributed by atoms with van der Waals surface area (Å²) in [6, 6.07) is 17.3. The third-order valence-corrected chi connectivity index (χ3v) is 6.33. The van der Waals surface area contributed by atoms with Crippen LogP contribution in [0.2, 0.25) is 0 Å². The van der Waals surface area contributed by atoms with Crippen molar-refractivity contribution in [2.45, 2.75) is 24.3 Å². The molecule has 1 aliphatic rings. The number of thioether (sulfide) groups is 1. The van der Waals surface area contributed by atoms with Gasteiger partial charge < -0.3 is 4.90 Å². The van der Waals surface area contributed by atoms with Crippen LogP contribution in [0, 0.1) is 5.92 Å². The highest BCUT2D eigenvalue weighted by atomic mass is 32.2. The fourth-order valence-electron chi connectivity index (χ4n) is 4.01. The van der Waals surface area contributed by atoms with E-state index in [4.69, 9.17) is 0 Å². The highest BCUT2D eigenvalue weighted by Gasteiger charge is 2.30. The van der Waals surface area contributed by atoms with Crippen LogP contribution in [-0.2, 0) is 6.54 Å². The third kappa shape index (κ3) is 4.49. The number of ketones is 1. The summed E-state index contributed by atoms with van der Waals surface area (Å²) < 4.78 is 1.84. The zero-order valence-corrected chi connectivity index (χ0v) is 17.8. The van der Waals surface area contributed by atoms with Crippen LogP contribution in [0.25, 0.3) is 0 Å². The summed E-state index contributed by atoms with van der Waals surface area (Å²) in [5.41, 5.74) is 2.46. The first-order valence-electron chi connectivity index (χ1n) is 10.2. The van der Waals surface area contributed by atoms with Crippen molar-refractivity contribution in [3.8, 4) is 0 Å². The lowest BCUT2D eigenvalue weighted by Crippen LogP contribution is -2.42. The SMILES string of the molecule is CSc1ccccc1C(=O)[C@H]1CCCN(C(=O)c2cccc(Cn3cccn3)c2)C1. The van der Waals surface area contributed by atoms with Gasteiger partial charge in [0, 0.05) is 47.4 Å². The zero-order chi connectivity index (χ0) is 20.9. The number of carbonyl (C=O) groups is 2. The molecule has 0 radical (unpaired) electrons. The highest BCUT2D eigenvalue weighted by molar-refractivity contribution is 7.98. The molecule has 154 valence electrons. The molecule has 2 heterocycles. The summed E-state index contributed by atoms with van der Waals surface area (Å²) in [6.45, 7) is 1.79. The quantitative estimate of drug-likeness (QED) is 0.439. The zero-order valence-electron chi connectivity index (χ0n) is 17.0. The maximum Gasteiger partial charge on any atom is 0.253 e. The Kier molecular flexibility index (Phi) is 6.33. The normalized spacial score (nSPS) is 16.4. The van der Waals surface area contributed by atoms with E-state index in [0.29, 0.717) is 25.2 Å². The first-order chi connectivity index (χ1) is 14.7. The minimum atomic E-state index is -0.150. The van der Waals surface area contributed by atoms with Gasteiger partial charge >= 0.3 is 0 Å². The Balaban J connectivity index is 1.48. The third-order valence-electron chi connectivity index (χ3n) is 5.53. The molecule has 30 heavy (non-hydrogen) atoms. The van der Waals surface area contributed by atoms with Crippen LogP contribution in [-0.4, -0.2) is 45.7 Å². The van der Waals surface area contributed by atoms with E-state index in [0.717, 1.165) is 28.9 Å². The van der Waals surface area contributed by atoms with Crippen molar-refractivity contribution in [2.75, 3.05) is 19.3 Å². The van der Waals surface area contributed by atoms with Crippen LogP contribution >= 0.6 is 11.8 Å². The molecule has 3 aromatic rings. The van der Waals surface area contributed by atoms with E-state index in [1.807, 2.05) is 76.6 Å². The van der Waals surface area contributed by atoms with Crippen molar-refractivity contribution >= 4 is 23.5 Å². The standard InChI is InChI=1S/C24H25N3O2S/c1-30-22-11-3-2-10-21(22)23(28)20-9-5-13-26(17-20)24(29)19-8-4-7-18(15-19)16-27-14-6-12-25-27/h2-4,6-8,10-12,14-15,20H,5,9,13,16-17H2,1H3/t20-/m0/s1. The Hall–Kier alpha value is -2.86. The molecule has 1 atom stereocenters. The second kappa shape index (κ2) is 9.30. The number of Topliss-reactive ketones (excluding diaryl/α,β-unsaturated/α-hetero) is 1. The van der Waals surface area contributed by atoms with E-state index in [1.54, 1.807) is 18.0 Å². The molecule has 0 spiro atoms. The van der Waals surface area contributed by atoms with Gasteiger partial charge in [0.2, 0.25) is 0 Å². The number of amides is 1. The van der Waals surface area contributed by atoms with E-state index >= 15 is 0 Å². The molecular weight excluding hydrogens is 394 g/mol. The first-order valence-corrected chi connectivity index (χ1v) is 11.4. The summed E-state index contributed by atoms with van der Waals surface area (Å²) in [5.74, 6) is -0.0129. The van der Waals surface area contributed by atoms with Crippen LogP contribution < -0.4 is 0 Å². The van der Waals surface area contributed by atoms with Gasteiger partial charge in [-0.2, -0.15) is 5.10 Å². The fraction of sp³-hybridized carbons (Fsp3) is 0.292. The molecule has 1 fully saturated rings. The van der Waals surface area contributed by atoms with Gasteiger partial charge in [-0.25, -0.2) is 0 Å². The molecule has 0 saturated carbocycles. The predicted molar refractivity (Wildman–Crippen MR) is 119 cm³/mol. The second-order valence-electron chi connectivity index (χ2n) is 7.56. The average Bonchev–Trinajstić information content (AvgIpc) is 3.31. The summed E-state index contributed by atoms with van der Waals surface area (Å²) in [5, 5.41) is 4.23. The van der Waals surface area contributed by atoms with Gasteiger partial charge in [-0.1, -0.05) is 30.3 Å². The molecule has 1 aliphatic heterocycles. The molecule has 1 amide bonds. The van der Waals surface area contributed by atoms with E-state index < -0.39 is 0 Å². The van der Waals surface area contributed by atoms with Crippen molar-refractivity contribution in [2.24, 2.45) is 5.92 Å². The van der Waals surface area contributed by atoms with Gasteiger partial charge in [-0.3, -0.25) is 14.3 Å². The summed E-state index contributed by atoms with van der Waals surface area (Å²) in [7, 11) is 0. The van der Waals surface area contributed by atoms with E-state index in [2.05, 4.69) is 5.10 Å². The van der Waals surface area contributed by atoms with Gasteiger partial charge in [-0.05, 0) is 48.9 Å². The predicted octanol–water partition coefficient (Wildman–Crippen LogP) is 4.39. The molecule has 0 N–H and O–H groups in total. The number of hydrogen-bond donors (Lipinski definition) is 0. The lowest BCUT2D eigenvalue weighted by atomic mass is 9.89. The number of likely N-dealkylation sites (tertiary alicyclic amines) is 1. The van der Waals surface area contributed by atoms with Gasteiger partial charge in [-0.15, -0.1) is 11.8 Å². The van der Waals surface area contributed by atoms with Crippen molar-refractivity contribution in [1.29, 1.82) is 0 Å². The van der Waals surface area contributed by atoms with E-state index in [1.165, 1.54) is 0 Å². The summed E-state index contributed by atoms with van der Waals surface area (Å²) in [6.07, 6.45) is 7.30. The van der Waals surface area contributed by atoms with Gasteiger partial charge in [0.25, 0.3) is 5.91 Å². The van der Waals surface area contributed by atoms with Gasteiger partial charge in [0.15, 0.2) is 5.78 Å². The largest absolute Gasteiger partial charge is 0.338 e. The van der Waals surface area contributed by atoms with Crippen molar-refractivity contribution in [1.82, 2.24) is 14.7 Å². The summed E-state index contributed by atoms with van der Waals surface area (Å²) >= 11 is 1.59. The van der Waals surface area contributed by atoms with Crippen LogP contribution in [0.15, 0.2) is 71.9 Å². The smallest absolute Gasteiger partial charge is 0.253 e. The molecule has 1 aromatic heterocycles. The molecule has 1 saturated heterocycles. The Morgan fingerprint density at radius 2 is 2.00 bits per heavy atom. The van der Waals surface area contributed by atoms with Crippen molar-refractivity contribution < 1.29 is 9.59 Å². The molecular formula is C24H25N3O2S. The number of nitrogens with zero attached hydrogens (tertiary/aromatic N) is 3. The maximum absolute atomic E-state index is 13.2. The molecule has 6 heteroatoms. The van der Waals surface area contributed by atoms with Crippen molar-refractivity contribution in [3.05, 3.63) is 83.7 Å². The maximum atomic E-state index is 13.2. The molecule has 2 aromatic carbocycles. The molecule has 5 nitrogen and oxygen atoms in total. The lowest BCUT2D eigenvalue weighted by Gasteiger charge is -2.32. The first kappa shape index (κ1) is 20.4. The van der Waals surface area contributed by atoms with Crippen molar-refractivity contribution in [3.63, 3.8) is 0 Å². The molecule has 0 aliphatic carbocycles. The van der Waals surface area contributed by atoms with Gasteiger partial charge in [0.05, 0.1) is 6.54 Å². The van der Waals surface area contributed by atoms with Crippen LogP contribution in [0.4, 0.5) is 0 Å². The Bertz CT molecular complexity index is 1030. The summed E-state index contributed by atoms with van der Waals surface area (Å²) in [4.78, 5) is 29.2. The average molecular weight is 420 g/mol. The van der Waals surface area contributed by atoms with Crippen LogP contribution in [0.5, 0.6) is 0 Å². The number of piperidine rings is 1. The minimum absolute atomic E-state index is 0.00651. The molecule has 0 unspecified atom stereocenters. The van der Waals surface area contributed by atoms with Gasteiger partial charge in [0.1, 0.15) is 0 Å². The lowest BCUT2D eigenvalue weighted by molar-refractivity contribution is 0.0636. The van der Waals surface area contributed by atoms with Crippen LogP contribution in [0.3, 0.4) is 0 Å². The highest BCUT2D eigenvalue weighted by Crippen LogP contribution is 2.27. The molecule has 0 bridgehead atoms. The Labute approximate surface area is 181 Å². The van der Waals surface area contributed by atoms with E-state index in [-0.39, 0.29) is 17.6 Å². The van der Waals surface area contributed by atoms with E-state index in [9.17, 15) is 9.59 Å². The topological polar surface area (TPSA) is 55.2 Å². The fourth-order valence-corrected chi connectivity index (χ4v) is 4.61. The number of benzene rings is 2. The minimum Gasteiger partial charge on any atom is -0.338 e. The number of rotatable bonds is 6. The second-order valence-corrected chi connectivity index (χ2v) is 8.41. The number of hydrogen-bond acceptors (Lipinski definition) is 4. The Morgan fingerprint density at radius 1 is 1.13 bits per heavy atom. The molecule has 4 rings (SSSR count).